The maximum absolute atomic E-state index is 7.32. The largest absolute Gasteiger partial charge is 0.387 e. The first-order valence-electron chi connectivity index (χ1n) is 5.48. The minimum absolute atomic E-state index is 0.177. The van der Waals surface area contributed by atoms with Crippen LogP contribution in [0.1, 0.15) is 23.6 Å². The molecule has 0 aliphatic heterocycles. The predicted octanol–water partition coefficient (Wildman–Crippen LogP) is 3.11. The second-order valence-electron chi connectivity index (χ2n) is 4.37. The fourth-order valence-corrected chi connectivity index (χ4v) is 2.65. The van der Waals surface area contributed by atoms with E-state index in [0.717, 1.165) is 11.5 Å². The van der Waals surface area contributed by atoms with Crippen molar-refractivity contribution >= 4 is 17.6 Å². The molecular formula is C13H20N2S. The lowest BCUT2D eigenvalue weighted by Gasteiger charge is -2.09. The summed E-state index contributed by atoms with van der Waals surface area (Å²) in [7, 11) is 0. The standard InChI is InChI=1S/C13H20N2S/c1-9-4-10(2)6-12(5-9)8-16-7-11(3)13(14)15/h4-6,11H,7-8H2,1-3H3,(H3,14,15). The molecule has 0 fully saturated rings. The van der Waals surface area contributed by atoms with E-state index in [4.69, 9.17) is 11.1 Å². The molecule has 0 spiro atoms. The van der Waals surface area contributed by atoms with Gasteiger partial charge in [-0.3, -0.25) is 5.41 Å². The van der Waals surface area contributed by atoms with Gasteiger partial charge < -0.3 is 5.73 Å². The van der Waals surface area contributed by atoms with E-state index in [0.29, 0.717) is 0 Å². The highest BCUT2D eigenvalue weighted by Crippen LogP contribution is 2.17. The van der Waals surface area contributed by atoms with Crippen molar-refractivity contribution in [2.24, 2.45) is 11.7 Å². The van der Waals surface area contributed by atoms with Crippen LogP contribution in [-0.4, -0.2) is 11.6 Å². The highest BCUT2D eigenvalue weighted by molar-refractivity contribution is 7.98. The van der Waals surface area contributed by atoms with E-state index in [1.165, 1.54) is 16.7 Å². The molecule has 0 aliphatic rings. The third-order valence-corrected chi connectivity index (χ3v) is 3.72. The van der Waals surface area contributed by atoms with Gasteiger partial charge in [0.15, 0.2) is 0 Å². The molecule has 0 saturated heterocycles. The summed E-state index contributed by atoms with van der Waals surface area (Å²) < 4.78 is 0. The summed E-state index contributed by atoms with van der Waals surface area (Å²) in [5.41, 5.74) is 9.42. The Kier molecular flexibility index (Phi) is 4.87. The van der Waals surface area contributed by atoms with Crippen LogP contribution in [0.4, 0.5) is 0 Å². The van der Waals surface area contributed by atoms with Gasteiger partial charge in [0.2, 0.25) is 0 Å². The molecule has 1 unspecified atom stereocenters. The van der Waals surface area contributed by atoms with E-state index in [9.17, 15) is 0 Å². The molecule has 1 atom stereocenters. The van der Waals surface area contributed by atoms with Crippen LogP contribution in [0.2, 0.25) is 0 Å². The minimum Gasteiger partial charge on any atom is -0.387 e. The molecular weight excluding hydrogens is 216 g/mol. The molecule has 0 heterocycles. The summed E-state index contributed by atoms with van der Waals surface area (Å²) >= 11 is 1.84. The van der Waals surface area contributed by atoms with Crippen LogP contribution in [0.25, 0.3) is 0 Å². The van der Waals surface area contributed by atoms with Gasteiger partial charge in [0, 0.05) is 17.4 Å². The van der Waals surface area contributed by atoms with Crippen LogP contribution >= 0.6 is 11.8 Å². The molecule has 88 valence electrons. The molecule has 0 bridgehead atoms. The lowest BCUT2D eigenvalue weighted by atomic mass is 10.1. The van der Waals surface area contributed by atoms with Gasteiger partial charge in [-0.05, 0) is 19.4 Å². The summed E-state index contributed by atoms with van der Waals surface area (Å²) in [4.78, 5) is 0. The molecule has 16 heavy (non-hydrogen) atoms. The van der Waals surface area contributed by atoms with E-state index >= 15 is 0 Å². The summed E-state index contributed by atoms with van der Waals surface area (Å²) in [5.74, 6) is 2.38. The van der Waals surface area contributed by atoms with E-state index in [2.05, 4.69) is 32.0 Å². The lowest BCUT2D eigenvalue weighted by molar-refractivity contribution is 0.879. The van der Waals surface area contributed by atoms with Crippen molar-refractivity contribution in [1.82, 2.24) is 0 Å². The number of nitrogens with one attached hydrogen (secondary N) is 1. The Morgan fingerprint density at radius 2 is 1.88 bits per heavy atom. The van der Waals surface area contributed by atoms with Gasteiger partial charge in [-0.15, -0.1) is 0 Å². The molecule has 0 saturated carbocycles. The van der Waals surface area contributed by atoms with Crippen LogP contribution in [0.5, 0.6) is 0 Å². The van der Waals surface area contributed by atoms with Crippen molar-refractivity contribution in [3.05, 3.63) is 34.9 Å². The highest BCUT2D eigenvalue weighted by atomic mass is 32.2. The first kappa shape index (κ1) is 13.1. The van der Waals surface area contributed by atoms with Gasteiger partial charge in [-0.1, -0.05) is 36.2 Å². The molecule has 0 radical (unpaired) electrons. The van der Waals surface area contributed by atoms with Crippen molar-refractivity contribution in [1.29, 1.82) is 5.41 Å². The van der Waals surface area contributed by atoms with Crippen molar-refractivity contribution in [2.75, 3.05) is 5.75 Å². The first-order chi connectivity index (χ1) is 7.49. The fourth-order valence-electron chi connectivity index (χ4n) is 1.60. The SMILES string of the molecule is Cc1cc(C)cc(CSCC(C)C(=N)N)c1. The second kappa shape index (κ2) is 5.94. The summed E-state index contributed by atoms with van der Waals surface area (Å²) in [5, 5.41) is 7.32. The maximum atomic E-state index is 7.32. The van der Waals surface area contributed by atoms with Crippen LogP contribution in [0.3, 0.4) is 0 Å². The number of thioether (sulfide) groups is 1. The third-order valence-electron chi connectivity index (χ3n) is 2.45. The Labute approximate surface area is 102 Å². The number of amidine groups is 1. The Morgan fingerprint density at radius 3 is 2.38 bits per heavy atom. The Bertz CT molecular complexity index is 354. The molecule has 2 nitrogen and oxygen atoms in total. The summed E-state index contributed by atoms with van der Waals surface area (Å²) in [6, 6.07) is 6.63. The van der Waals surface area contributed by atoms with Gasteiger partial charge in [0.25, 0.3) is 0 Å². The number of nitrogens with two attached hydrogens (primary N) is 1. The minimum atomic E-state index is 0.177. The van der Waals surface area contributed by atoms with Crippen molar-refractivity contribution in [3.8, 4) is 0 Å². The van der Waals surface area contributed by atoms with E-state index in [1.54, 1.807) is 0 Å². The van der Waals surface area contributed by atoms with Crippen LogP contribution in [0, 0.1) is 25.2 Å². The normalized spacial score (nSPS) is 12.4. The summed E-state index contributed by atoms with van der Waals surface area (Å²) in [6.45, 7) is 6.25. The zero-order valence-corrected chi connectivity index (χ0v) is 11.0. The molecule has 1 aromatic carbocycles. The average molecular weight is 236 g/mol. The van der Waals surface area contributed by atoms with Crippen molar-refractivity contribution in [2.45, 2.75) is 26.5 Å². The van der Waals surface area contributed by atoms with Crippen LogP contribution < -0.4 is 5.73 Å². The number of benzene rings is 1. The van der Waals surface area contributed by atoms with E-state index < -0.39 is 0 Å². The number of hydrogen-bond donors (Lipinski definition) is 2. The fraction of sp³-hybridized carbons (Fsp3) is 0.462. The monoisotopic (exact) mass is 236 g/mol. The zero-order chi connectivity index (χ0) is 12.1. The van der Waals surface area contributed by atoms with Gasteiger partial charge >= 0.3 is 0 Å². The number of hydrogen-bond acceptors (Lipinski definition) is 2. The molecule has 0 amide bonds. The van der Waals surface area contributed by atoms with Crippen molar-refractivity contribution in [3.63, 3.8) is 0 Å². The Hall–Kier alpha value is -0.960. The topological polar surface area (TPSA) is 49.9 Å². The highest BCUT2D eigenvalue weighted by Gasteiger charge is 2.05. The third kappa shape index (κ3) is 4.27. The lowest BCUT2D eigenvalue weighted by Crippen LogP contribution is -2.21. The molecule has 3 N–H and O–H groups in total. The van der Waals surface area contributed by atoms with Gasteiger partial charge in [-0.2, -0.15) is 11.8 Å². The number of rotatable bonds is 5. The predicted molar refractivity (Wildman–Crippen MR) is 73.2 cm³/mol. The Morgan fingerprint density at radius 1 is 1.31 bits per heavy atom. The quantitative estimate of drug-likeness (QED) is 0.609. The summed E-state index contributed by atoms with van der Waals surface area (Å²) in [6.07, 6.45) is 0. The van der Waals surface area contributed by atoms with E-state index in [1.807, 2.05) is 18.7 Å². The molecule has 0 aromatic heterocycles. The van der Waals surface area contributed by atoms with Crippen LogP contribution in [0.15, 0.2) is 18.2 Å². The average Bonchev–Trinajstić information content (AvgIpc) is 2.15. The van der Waals surface area contributed by atoms with E-state index in [-0.39, 0.29) is 11.8 Å². The van der Waals surface area contributed by atoms with Gasteiger partial charge in [-0.25, -0.2) is 0 Å². The molecule has 0 aliphatic carbocycles. The second-order valence-corrected chi connectivity index (χ2v) is 5.40. The first-order valence-corrected chi connectivity index (χ1v) is 6.63. The van der Waals surface area contributed by atoms with Gasteiger partial charge in [0.1, 0.15) is 0 Å². The molecule has 1 rings (SSSR count). The molecule has 1 aromatic rings. The zero-order valence-electron chi connectivity index (χ0n) is 10.2. The maximum Gasteiger partial charge on any atom is 0.0942 e. The number of aryl methyl sites for hydroxylation is 2. The molecule has 3 heteroatoms. The van der Waals surface area contributed by atoms with Crippen LogP contribution in [-0.2, 0) is 5.75 Å². The smallest absolute Gasteiger partial charge is 0.0942 e. The Balaban J connectivity index is 2.46. The van der Waals surface area contributed by atoms with Crippen molar-refractivity contribution < 1.29 is 0 Å². The van der Waals surface area contributed by atoms with Gasteiger partial charge in [0.05, 0.1) is 5.84 Å².